The number of alkyl halides is 1. The van der Waals surface area contributed by atoms with E-state index in [0.29, 0.717) is 23.9 Å². The van der Waals surface area contributed by atoms with Gasteiger partial charge in [-0.25, -0.2) is 8.42 Å². The molecule has 6 heteroatoms. The van der Waals surface area contributed by atoms with E-state index in [0.717, 1.165) is 16.9 Å². The maximum atomic E-state index is 12.8. The predicted octanol–water partition coefficient (Wildman–Crippen LogP) is 3.25. The summed E-state index contributed by atoms with van der Waals surface area (Å²) < 4.78 is 27.2. The SMILES string of the molecule is Cc1ccc(CCl)cc1S(=O)(=O)N1CCSC(C)(C)C1. The van der Waals surface area contributed by atoms with Gasteiger partial charge >= 0.3 is 0 Å². The lowest BCUT2D eigenvalue weighted by atomic mass is 10.2. The van der Waals surface area contributed by atoms with Gasteiger partial charge in [-0.15, -0.1) is 11.6 Å². The minimum Gasteiger partial charge on any atom is -0.207 e. The van der Waals surface area contributed by atoms with Crippen molar-refractivity contribution in [2.24, 2.45) is 0 Å². The van der Waals surface area contributed by atoms with Crippen LogP contribution in [0.4, 0.5) is 0 Å². The molecule has 1 aliphatic heterocycles. The van der Waals surface area contributed by atoms with Crippen molar-refractivity contribution >= 4 is 33.4 Å². The van der Waals surface area contributed by atoms with Crippen molar-refractivity contribution < 1.29 is 8.42 Å². The van der Waals surface area contributed by atoms with E-state index in [1.807, 2.05) is 30.8 Å². The standard InChI is InChI=1S/C14H20ClNO2S2/c1-11-4-5-12(9-15)8-13(11)20(17,18)16-6-7-19-14(2,3)10-16/h4-5,8H,6-7,9-10H2,1-3H3. The molecule has 1 aromatic carbocycles. The smallest absolute Gasteiger partial charge is 0.207 e. The molecule has 0 aliphatic carbocycles. The first kappa shape index (κ1) is 16.1. The topological polar surface area (TPSA) is 37.4 Å². The van der Waals surface area contributed by atoms with Crippen molar-refractivity contribution in [1.29, 1.82) is 0 Å². The monoisotopic (exact) mass is 333 g/mol. The van der Waals surface area contributed by atoms with Gasteiger partial charge in [0.15, 0.2) is 0 Å². The Bertz CT molecular complexity index is 599. The average molecular weight is 334 g/mol. The summed E-state index contributed by atoms with van der Waals surface area (Å²) in [6.45, 7) is 7.11. The van der Waals surface area contributed by atoms with Gasteiger partial charge in [-0.05, 0) is 38.0 Å². The van der Waals surface area contributed by atoms with E-state index < -0.39 is 10.0 Å². The summed E-state index contributed by atoms with van der Waals surface area (Å²) in [5.74, 6) is 1.16. The van der Waals surface area contributed by atoms with Gasteiger partial charge < -0.3 is 0 Å². The van der Waals surface area contributed by atoms with E-state index in [1.54, 1.807) is 10.4 Å². The van der Waals surface area contributed by atoms with E-state index in [1.165, 1.54) is 0 Å². The van der Waals surface area contributed by atoms with Crippen molar-refractivity contribution in [3.63, 3.8) is 0 Å². The van der Waals surface area contributed by atoms with Crippen LogP contribution in [0, 0.1) is 6.92 Å². The van der Waals surface area contributed by atoms with Gasteiger partial charge in [0.05, 0.1) is 4.90 Å². The zero-order valence-corrected chi connectivity index (χ0v) is 14.4. The fourth-order valence-electron chi connectivity index (χ4n) is 2.32. The van der Waals surface area contributed by atoms with Crippen LogP contribution < -0.4 is 0 Å². The Morgan fingerprint density at radius 2 is 2.10 bits per heavy atom. The first-order valence-electron chi connectivity index (χ1n) is 6.56. The molecule has 20 heavy (non-hydrogen) atoms. The summed E-state index contributed by atoms with van der Waals surface area (Å²) in [5, 5.41) is 0. The third kappa shape index (κ3) is 3.32. The van der Waals surface area contributed by atoms with Crippen LogP contribution in [0.15, 0.2) is 23.1 Å². The molecule has 3 nitrogen and oxygen atoms in total. The van der Waals surface area contributed by atoms with Crippen molar-refractivity contribution in [2.45, 2.75) is 36.3 Å². The van der Waals surface area contributed by atoms with Crippen LogP contribution >= 0.6 is 23.4 Å². The van der Waals surface area contributed by atoms with Crippen molar-refractivity contribution in [1.82, 2.24) is 4.31 Å². The highest BCUT2D eigenvalue weighted by molar-refractivity contribution is 8.00. The van der Waals surface area contributed by atoms with Crippen LogP contribution in [0.2, 0.25) is 0 Å². The summed E-state index contributed by atoms with van der Waals surface area (Å²) in [7, 11) is -3.43. The van der Waals surface area contributed by atoms with Gasteiger partial charge in [-0.3, -0.25) is 0 Å². The second-order valence-electron chi connectivity index (χ2n) is 5.68. The van der Waals surface area contributed by atoms with E-state index in [4.69, 9.17) is 11.6 Å². The van der Waals surface area contributed by atoms with Crippen LogP contribution in [0.1, 0.15) is 25.0 Å². The highest BCUT2D eigenvalue weighted by atomic mass is 35.5. The molecule has 0 radical (unpaired) electrons. The normalized spacial score (nSPS) is 20.0. The quantitative estimate of drug-likeness (QED) is 0.797. The Balaban J connectivity index is 2.40. The van der Waals surface area contributed by atoms with Gasteiger partial charge in [0, 0.05) is 29.5 Å². The molecule has 0 atom stereocenters. The molecule has 0 amide bonds. The van der Waals surface area contributed by atoms with Crippen molar-refractivity contribution in [2.75, 3.05) is 18.8 Å². The molecule has 0 saturated carbocycles. The first-order valence-corrected chi connectivity index (χ1v) is 9.52. The van der Waals surface area contributed by atoms with Gasteiger partial charge in [0.2, 0.25) is 10.0 Å². The third-order valence-electron chi connectivity index (χ3n) is 3.42. The van der Waals surface area contributed by atoms with Crippen LogP contribution in [-0.4, -0.2) is 36.3 Å². The fourth-order valence-corrected chi connectivity index (χ4v) is 5.68. The first-order chi connectivity index (χ1) is 9.26. The largest absolute Gasteiger partial charge is 0.243 e. The van der Waals surface area contributed by atoms with Gasteiger partial charge in [-0.2, -0.15) is 16.1 Å². The molecule has 0 bridgehead atoms. The number of aryl methyl sites for hydroxylation is 1. The highest BCUT2D eigenvalue weighted by Gasteiger charge is 2.35. The maximum absolute atomic E-state index is 12.8. The molecule has 0 unspecified atom stereocenters. The number of thioether (sulfide) groups is 1. The molecule has 0 spiro atoms. The molecule has 0 aromatic heterocycles. The lowest BCUT2D eigenvalue weighted by molar-refractivity contribution is 0.387. The molecule has 1 fully saturated rings. The zero-order valence-electron chi connectivity index (χ0n) is 12.0. The second-order valence-corrected chi connectivity index (χ2v) is 9.66. The molecule has 1 heterocycles. The molecular weight excluding hydrogens is 314 g/mol. The minimum atomic E-state index is -3.43. The fraction of sp³-hybridized carbons (Fsp3) is 0.571. The molecule has 112 valence electrons. The van der Waals surface area contributed by atoms with Gasteiger partial charge in [0.25, 0.3) is 0 Å². The van der Waals surface area contributed by atoms with E-state index >= 15 is 0 Å². The number of halogens is 1. The number of nitrogens with zero attached hydrogens (tertiary/aromatic N) is 1. The summed E-state index contributed by atoms with van der Waals surface area (Å²) in [6, 6.07) is 5.40. The Labute approximate surface area is 130 Å². The van der Waals surface area contributed by atoms with Crippen molar-refractivity contribution in [3.05, 3.63) is 29.3 Å². The Morgan fingerprint density at radius 3 is 2.70 bits per heavy atom. The highest BCUT2D eigenvalue weighted by Crippen LogP contribution is 2.33. The van der Waals surface area contributed by atoms with Gasteiger partial charge in [-0.1, -0.05) is 12.1 Å². The molecular formula is C14H20ClNO2S2. The van der Waals surface area contributed by atoms with E-state index in [9.17, 15) is 8.42 Å². The Hall–Kier alpha value is -0.230. The third-order valence-corrected chi connectivity index (χ3v) is 7.01. The lowest BCUT2D eigenvalue weighted by Crippen LogP contribution is -2.46. The van der Waals surface area contributed by atoms with Gasteiger partial charge in [0.1, 0.15) is 0 Å². The van der Waals surface area contributed by atoms with Crippen LogP contribution in [0.3, 0.4) is 0 Å². The molecule has 2 rings (SSSR count). The van der Waals surface area contributed by atoms with Crippen LogP contribution in [0.25, 0.3) is 0 Å². The summed E-state index contributed by atoms with van der Waals surface area (Å²) in [5.41, 5.74) is 1.61. The Morgan fingerprint density at radius 1 is 1.40 bits per heavy atom. The number of benzene rings is 1. The molecule has 0 N–H and O–H groups in total. The number of hydrogen-bond acceptors (Lipinski definition) is 3. The molecule has 1 aromatic rings. The van der Waals surface area contributed by atoms with Crippen LogP contribution in [-0.2, 0) is 15.9 Å². The number of sulfonamides is 1. The van der Waals surface area contributed by atoms with Crippen molar-refractivity contribution in [3.8, 4) is 0 Å². The lowest BCUT2D eigenvalue weighted by Gasteiger charge is -2.36. The summed E-state index contributed by atoms with van der Waals surface area (Å²) in [4.78, 5) is 0.387. The Kier molecular flexibility index (Phi) is 4.74. The second kappa shape index (κ2) is 5.87. The minimum absolute atomic E-state index is 0.0384. The maximum Gasteiger partial charge on any atom is 0.243 e. The number of rotatable bonds is 3. The molecule has 1 saturated heterocycles. The number of hydrogen-bond donors (Lipinski definition) is 0. The molecule has 1 aliphatic rings. The van der Waals surface area contributed by atoms with Crippen LogP contribution in [0.5, 0.6) is 0 Å². The average Bonchev–Trinajstić information content (AvgIpc) is 2.38. The predicted molar refractivity (Wildman–Crippen MR) is 86.0 cm³/mol. The summed E-state index contributed by atoms with van der Waals surface area (Å²) in [6.07, 6.45) is 0. The zero-order chi connectivity index (χ0) is 15.0. The summed E-state index contributed by atoms with van der Waals surface area (Å²) >= 11 is 7.64. The van der Waals surface area contributed by atoms with E-state index in [-0.39, 0.29) is 4.75 Å². The van der Waals surface area contributed by atoms with E-state index in [2.05, 4.69) is 13.8 Å².